The minimum absolute atomic E-state index is 0.0666. The Labute approximate surface area is 188 Å². The SMILES string of the molecule is COc1ccc([C@H]2CN(C)C3(C(=O)c4ccccc4C3=O)[C@]23CCCCCCC3=O)cc1. The lowest BCUT2D eigenvalue weighted by Gasteiger charge is -2.46. The maximum absolute atomic E-state index is 14.1. The largest absolute Gasteiger partial charge is 0.497 e. The number of methoxy groups -OCH3 is 1. The van der Waals surface area contributed by atoms with Gasteiger partial charge in [-0.1, -0.05) is 55.7 Å². The quantitative estimate of drug-likeness (QED) is 0.658. The molecule has 2 aliphatic carbocycles. The smallest absolute Gasteiger partial charge is 0.192 e. The van der Waals surface area contributed by atoms with Crippen molar-refractivity contribution in [2.75, 3.05) is 20.7 Å². The van der Waals surface area contributed by atoms with E-state index in [4.69, 9.17) is 4.74 Å². The van der Waals surface area contributed by atoms with Crippen molar-refractivity contribution in [3.63, 3.8) is 0 Å². The Morgan fingerprint density at radius 1 is 0.875 bits per heavy atom. The molecule has 5 nitrogen and oxygen atoms in total. The lowest BCUT2D eigenvalue weighted by Crippen LogP contribution is -2.64. The van der Waals surface area contributed by atoms with E-state index >= 15 is 0 Å². The molecule has 1 heterocycles. The summed E-state index contributed by atoms with van der Waals surface area (Å²) < 4.78 is 5.33. The molecule has 2 spiro atoms. The van der Waals surface area contributed by atoms with E-state index in [1.54, 1.807) is 31.4 Å². The minimum Gasteiger partial charge on any atom is -0.497 e. The number of hydrogen-bond donors (Lipinski definition) is 0. The van der Waals surface area contributed by atoms with Crippen molar-refractivity contribution in [2.24, 2.45) is 5.41 Å². The van der Waals surface area contributed by atoms with Gasteiger partial charge in [-0.05, 0) is 37.6 Å². The molecule has 0 unspecified atom stereocenters. The number of ether oxygens (including phenoxy) is 1. The second kappa shape index (κ2) is 7.66. The van der Waals surface area contributed by atoms with E-state index in [0.29, 0.717) is 30.5 Å². The average molecular weight is 432 g/mol. The predicted molar refractivity (Wildman–Crippen MR) is 121 cm³/mol. The second-order valence-corrected chi connectivity index (χ2v) is 9.43. The maximum Gasteiger partial charge on any atom is 0.192 e. The van der Waals surface area contributed by atoms with Gasteiger partial charge in [-0.25, -0.2) is 0 Å². The normalized spacial score (nSPS) is 27.6. The first-order chi connectivity index (χ1) is 15.5. The fraction of sp³-hybridized carbons (Fsp3) is 0.444. The topological polar surface area (TPSA) is 63.7 Å². The highest BCUT2D eigenvalue weighted by atomic mass is 16.5. The molecule has 5 heteroatoms. The number of likely N-dealkylation sites (tertiary alicyclic amines) is 1. The molecule has 2 aromatic carbocycles. The van der Waals surface area contributed by atoms with Crippen molar-refractivity contribution < 1.29 is 19.1 Å². The molecule has 0 N–H and O–H groups in total. The third-order valence-corrected chi connectivity index (χ3v) is 8.08. The van der Waals surface area contributed by atoms with Crippen LogP contribution in [0.1, 0.15) is 70.7 Å². The Morgan fingerprint density at radius 3 is 2.12 bits per heavy atom. The summed E-state index contributed by atoms with van der Waals surface area (Å²) in [6.45, 7) is 0.490. The molecule has 5 rings (SSSR count). The molecule has 32 heavy (non-hydrogen) atoms. The fourth-order valence-electron chi connectivity index (χ4n) is 6.67. The summed E-state index contributed by atoms with van der Waals surface area (Å²) in [5, 5.41) is 0. The Balaban J connectivity index is 1.75. The highest BCUT2D eigenvalue weighted by Gasteiger charge is 2.75. The summed E-state index contributed by atoms with van der Waals surface area (Å²) in [5.41, 5.74) is -0.637. The Morgan fingerprint density at radius 2 is 1.50 bits per heavy atom. The highest BCUT2D eigenvalue weighted by Crippen LogP contribution is 2.61. The maximum atomic E-state index is 14.1. The number of carbonyl (C=O) groups excluding carboxylic acids is 3. The van der Waals surface area contributed by atoms with E-state index in [-0.39, 0.29) is 23.3 Å². The van der Waals surface area contributed by atoms with Gasteiger partial charge in [0.1, 0.15) is 11.5 Å². The van der Waals surface area contributed by atoms with Gasteiger partial charge in [0, 0.05) is 30.0 Å². The third-order valence-electron chi connectivity index (χ3n) is 8.08. The van der Waals surface area contributed by atoms with Crippen molar-refractivity contribution in [2.45, 2.75) is 50.0 Å². The third kappa shape index (κ3) is 2.57. The summed E-state index contributed by atoms with van der Waals surface area (Å²) in [4.78, 5) is 44.2. The lowest BCUT2D eigenvalue weighted by atomic mass is 9.55. The van der Waals surface area contributed by atoms with Crippen LogP contribution in [-0.2, 0) is 4.79 Å². The number of ketones is 3. The van der Waals surface area contributed by atoms with E-state index in [2.05, 4.69) is 0 Å². The second-order valence-electron chi connectivity index (χ2n) is 9.43. The van der Waals surface area contributed by atoms with Crippen LogP contribution in [0, 0.1) is 5.41 Å². The van der Waals surface area contributed by atoms with Crippen LogP contribution in [-0.4, -0.2) is 48.5 Å². The molecule has 2 atom stereocenters. The van der Waals surface area contributed by atoms with Crippen LogP contribution in [0.5, 0.6) is 5.75 Å². The number of likely N-dealkylation sites (N-methyl/N-ethyl adjacent to an activating group) is 1. The molecule has 1 saturated heterocycles. The summed E-state index contributed by atoms with van der Waals surface area (Å²) in [7, 11) is 3.47. The Bertz CT molecular complexity index is 1050. The number of benzene rings is 2. The van der Waals surface area contributed by atoms with Crippen LogP contribution in [0.3, 0.4) is 0 Å². The van der Waals surface area contributed by atoms with Gasteiger partial charge < -0.3 is 4.74 Å². The molecule has 1 saturated carbocycles. The fourth-order valence-corrected chi connectivity index (χ4v) is 6.67. The molecule has 0 radical (unpaired) electrons. The number of nitrogens with zero attached hydrogens (tertiary/aromatic N) is 1. The van der Waals surface area contributed by atoms with Gasteiger partial charge in [0.2, 0.25) is 0 Å². The van der Waals surface area contributed by atoms with E-state index in [9.17, 15) is 14.4 Å². The van der Waals surface area contributed by atoms with Crippen LogP contribution in [0.4, 0.5) is 0 Å². The molecule has 0 bridgehead atoms. The summed E-state index contributed by atoms with van der Waals surface area (Å²) >= 11 is 0. The molecule has 2 fully saturated rings. The Kier molecular flexibility index (Phi) is 5.05. The van der Waals surface area contributed by atoms with Crippen LogP contribution < -0.4 is 4.74 Å². The van der Waals surface area contributed by atoms with Crippen LogP contribution in [0.25, 0.3) is 0 Å². The zero-order chi connectivity index (χ0) is 22.5. The van der Waals surface area contributed by atoms with Crippen molar-refractivity contribution in [3.05, 3.63) is 65.2 Å². The van der Waals surface area contributed by atoms with Gasteiger partial charge in [-0.2, -0.15) is 0 Å². The van der Waals surface area contributed by atoms with E-state index in [0.717, 1.165) is 37.0 Å². The van der Waals surface area contributed by atoms with Gasteiger partial charge in [-0.3, -0.25) is 19.3 Å². The number of rotatable bonds is 2. The van der Waals surface area contributed by atoms with E-state index in [1.807, 2.05) is 36.2 Å². The van der Waals surface area contributed by atoms with Crippen LogP contribution in [0.2, 0.25) is 0 Å². The van der Waals surface area contributed by atoms with E-state index in [1.165, 1.54) is 0 Å². The molecule has 0 amide bonds. The highest BCUT2D eigenvalue weighted by molar-refractivity contribution is 6.35. The lowest BCUT2D eigenvalue weighted by molar-refractivity contribution is -0.133. The van der Waals surface area contributed by atoms with Gasteiger partial charge in [0.05, 0.1) is 12.5 Å². The van der Waals surface area contributed by atoms with Crippen molar-refractivity contribution in [3.8, 4) is 5.75 Å². The molecule has 1 aliphatic heterocycles. The molecule has 166 valence electrons. The van der Waals surface area contributed by atoms with Gasteiger partial charge in [-0.15, -0.1) is 0 Å². The van der Waals surface area contributed by atoms with Crippen molar-refractivity contribution >= 4 is 17.3 Å². The zero-order valence-electron chi connectivity index (χ0n) is 18.7. The predicted octanol–water partition coefficient (Wildman–Crippen LogP) is 4.45. The Hall–Kier alpha value is -2.79. The summed E-state index contributed by atoms with van der Waals surface area (Å²) in [6.07, 6.45) is 4.65. The summed E-state index contributed by atoms with van der Waals surface area (Å²) in [6, 6.07) is 14.8. The number of Topliss-reactive ketones (excluding diaryl/α,β-unsaturated/α-hetero) is 3. The number of fused-ring (bicyclic) bond motifs is 2. The molecule has 0 aromatic heterocycles. The van der Waals surface area contributed by atoms with Crippen molar-refractivity contribution in [1.82, 2.24) is 4.90 Å². The summed E-state index contributed by atoms with van der Waals surface area (Å²) in [5.74, 6) is 0.174. The standard InChI is InChI=1S/C27H29NO4/c1-28-17-22(18-12-14-19(32-2)15-13-18)26(16-8-4-3-5-11-23(26)29)27(28)24(30)20-9-6-7-10-21(20)25(27)31/h6-7,9-10,12-15,22H,3-5,8,11,16-17H2,1-2H3/t22-,26-/m1/s1. The van der Waals surface area contributed by atoms with Gasteiger partial charge in [0.15, 0.2) is 17.1 Å². The first-order valence-electron chi connectivity index (χ1n) is 11.6. The number of carbonyl (C=O) groups is 3. The van der Waals surface area contributed by atoms with Crippen LogP contribution in [0.15, 0.2) is 48.5 Å². The van der Waals surface area contributed by atoms with Gasteiger partial charge in [0.25, 0.3) is 0 Å². The van der Waals surface area contributed by atoms with Crippen LogP contribution >= 0.6 is 0 Å². The molecule has 3 aliphatic rings. The molecular weight excluding hydrogens is 402 g/mol. The number of hydrogen-bond acceptors (Lipinski definition) is 5. The van der Waals surface area contributed by atoms with Gasteiger partial charge >= 0.3 is 0 Å². The first-order valence-corrected chi connectivity index (χ1v) is 11.6. The molecule has 2 aromatic rings. The molecular formula is C27H29NO4. The first kappa shape index (κ1) is 21.1. The zero-order valence-corrected chi connectivity index (χ0v) is 18.7. The monoisotopic (exact) mass is 431 g/mol. The average Bonchev–Trinajstić information content (AvgIpc) is 3.21. The van der Waals surface area contributed by atoms with Crippen molar-refractivity contribution in [1.29, 1.82) is 0 Å². The van der Waals surface area contributed by atoms with E-state index < -0.39 is 11.0 Å². The minimum atomic E-state index is -1.46.